The highest BCUT2D eigenvalue weighted by molar-refractivity contribution is 6.27. The van der Waals surface area contributed by atoms with E-state index < -0.39 is 18.1 Å². The number of halogens is 2. The predicted octanol–water partition coefficient (Wildman–Crippen LogP) is -0.455. The summed E-state index contributed by atoms with van der Waals surface area (Å²) in [5.74, 6) is -0.371. The fourth-order valence-electron chi connectivity index (χ4n) is 1.46. The number of amidine groups is 1. The summed E-state index contributed by atoms with van der Waals surface area (Å²) in [4.78, 5) is 12.4. The van der Waals surface area contributed by atoms with Crippen LogP contribution in [0.1, 0.15) is 6.42 Å². The molecule has 0 aromatic heterocycles. The predicted molar refractivity (Wildman–Crippen MR) is 56.0 cm³/mol. The number of aliphatic hydroxyl groups excluding tert-OH is 1. The zero-order valence-electron chi connectivity index (χ0n) is 7.44. The lowest BCUT2D eigenvalue weighted by atomic mass is 10.2. The first-order valence-corrected chi connectivity index (χ1v) is 4.47. The van der Waals surface area contributed by atoms with Gasteiger partial charge in [0, 0.05) is 13.0 Å². The van der Waals surface area contributed by atoms with E-state index in [9.17, 15) is 9.90 Å². The van der Waals surface area contributed by atoms with Crippen LogP contribution >= 0.6 is 24.0 Å². The molecule has 1 saturated heterocycles. The van der Waals surface area contributed by atoms with Crippen LogP contribution in [-0.2, 0) is 4.79 Å². The molecule has 0 spiro atoms. The molecule has 7 heteroatoms. The summed E-state index contributed by atoms with van der Waals surface area (Å²) in [5.41, 5.74) is 5.11. The molecule has 2 atom stereocenters. The maximum Gasteiger partial charge on any atom is 0.240 e. The lowest BCUT2D eigenvalue weighted by Crippen LogP contribution is -2.44. The zero-order valence-corrected chi connectivity index (χ0v) is 9.01. The molecule has 5 nitrogen and oxygen atoms in total. The molecule has 1 aliphatic rings. The van der Waals surface area contributed by atoms with Gasteiger partial charge in [-0.15, -0.1) is 24.0 Å². The number of aliphatic hydroxyl groups is 1. The Balaban J connectivity index is 0.00000169. The number of alkyl halides is 1. The SMILES string of the molecule is Cl.N=C(CCl)N1C[C@H](O)C[C@H]1C(N)=O. The van der Waals surface area contributed by atoms with Gasteiger partial charge in [-0.05, 0) is 0 Å². The molecule has 1 amide bonds. The summed E-state index contributed by atoms with van der Waals surface area (Å²) < 4.78 is 0. The van der Waals surface area contributed by atoms with Gasteiger partial charge in [-0.3, -0.25) is 10.2 Å². The van der Waals surface area contributed by atoms with Crippen LogP contribution in [0.15, 0.2) is 0 Å². The molecular weight excluding hydrogens is 229 g/mol. The smallest absolute Gasteiger partial charge is 0.240 e. The van der Waals surface area contributed by atoms with E-state index in [2.05, 4.69) is 0 Å². The Kier molecular flexibility index (Phi) is 5.18. The van der Waals surface area contributed by atoms with Gasteiger partial charge in [0.15, 0.2) is 0 Å². The quantitative estimate of drug-likeness (QED) is 0.348. The maximum atomic E-state index is 10.9. The molecule has 0 radical (unpaired) electrons. The molecule has 0 saturated carbocycles. The molecule has 82 valence electrons. The lowest BCUT2D eigenvalue weighted by molar-refractivity contribution is -0.121. The molecule has 0 aliphatic carbocycles. The van der Waals surface area contributed by atoms with Gasteiger partial charge >= 0.3 is 0 Å². The molecule has 14 heavy (non-hydrogen) atoms. The van der Waals surface area contributed by atoms with Crippen LogP contribution in [-0.4, -0.2) is 46.3 Å². The molecule has 1 rings (SSSR count). The van der Waals surface area contributed by atoms with E-state index in [1.807, 2.05) is 0 Å². The minimum atomic E-state index is -0.596. The van der Waals surface area contributed by atoms with Crippen molar-refractivity contribution in [2.24, 2.45) is 5.73 Å². The van der Waals surface area contributed by atoms with Gasteiger partial charge < -0.3 is 15.7 Å². The maximum absolute atomic E-state index is 10.9. The molecule has 1 heterocycles. The molecule has 0 unspecified atom stereocenters. The third-order valence-electron chi connectivity index (χ3n) is 2.08. The van der Waals surface area contributed by atoms with Crippen LogP contribution in [0, 0.1) is 5.41 Å². The van der Waals surface area contributed by atoms with Gasteiger partial charge in [0.1, 0.15) is 11.9 Å². The van der Waals surface area contributed by atoms with Crippen molar-refractivity contribution in [3.63, 3.8) is 0 Å². The fraction of sp³-hybridized carbons (Fsp3) is 0.714. The topological polar surface area (TPSA) is 90.4 Å². The summed E-state index contributed by atoms with van der Waals surface area (Å²) in [5, 5.41) is 16.7. The van der Waals surface area contributed by atoms with Crippen molar-refractivity contribution >= 4 is 35.8 Å². The lowest BCUT2D eigenvalue weighted by Gasteiger charge is -2.22. The van der Waals surface area contributed by atoms with Crippen molar-refractivity contribution in [3.8, 4) is 0 Å². The van der Waals surface area contributed by atoms with Crippen molar-refractivity contribution in [1.29, 1.82) is 5.41 Å². The molecule has 4 N–H and O–H groups in total. The molecule has 0 aromatic carbocycles. The van der Waals surface area contributed by atoms with Crippen LogP contribution in [0.5, 0.6) is 0 Å². The van der Waals surface area contributed by atoms with Crippen LogP contribution in [0.3, 0.4) is 0 Å². The number of carbonyl (C=O) groups excluding carboxylic acids is 1. The second kappa shape index (κ2) is 5.38. The Morgan fingerprint density at radius 2 is 2.29 bits per heavy atom. The largest absolute Gasteiger partial charge is 0.391 e. The number of amides is 1. The van der Waals surface area contributed by atoms with Gasteiger partial charge in [-0.2, -0.15) is 0 Å². The number of rotatable bonds is 2. The third kappa shape index (κ3) is 2.73. The highest BCUT2D eigenvalue weighted by atomic mass is 35.5. The second-order valence-electron chi connectivity index (χ2n) is 3.04. The van der Waals surface area contributed by atoms with Gasteiger partial charge in [0.05, 0.1) is 12.0 Å². The normalized spacial score (nSPS) is 25.7. The number of carbonyl (C=O) groups is 1. The van der Waals surface area contributed by atoms with Gasteiger partial charge in [-0.25, -0.2) is 0 Å². The molecular formula is C7H13Cl2N3O2. The first-order chi connectivity index (χ1) is 6.06. The summed E-state index contributed by atoms with van der Waals surface area (Å²) in [6.45, 7) is 0.263. The van der Waals surface area contributed by atoms with Gasteiger partial charge in [0.25, 0.3) is 0 Å². The van der Waals surface area contributed by atoms with Crippen molar-refractivity contribution in [2.75, 3.05) is 12.4 Å². The zero-order chi connectivity index (χ0) is 10.0. The van der Waals surface area contributed by atoms with Crippen LogP contribution < -0.4 is 5.73 Å². The molecule has 0 bridgehead atoms. The van der Waals surface area contributed by atoms with Gasteiger partial charge in [-0.1, -0.05) is 0 Å². The number of nitrogens with one attached hydrogen (secondary N) is 1. The third-order valence-corrected chi connectivity index (χ3v) is 2.33. The van der Waals surface area contributed by atoms with E-state index in [4.69, 9.17) is 22.7 Å². The minimum Gasteiger partial charge on any atom is -0.391 e. The van der Waals surface area contributed by atoms with Crippen LogP contribution in [0.4, 0.5) is 0 Å². The standard InChI is InChI=1S/C7H12ClN3O2.ClH/c8-2-6(9)11-3-4(12)1-5(11)7(10)13;/h4-5,9,12H,1-3H2,(H2,10,13);1H/t4-,5+;/m1./s1. The van der Waals surface area contributed by atoms with Gasteiger partial charge in [0.2, 0.25) is 5.91 Å². The first-order valence-electron chi connectivity index (χ1n) is 3.93. The average molecular weight is 242 g/mol. The monoisotopic (exact) mass is 241 g/mol. The van der Waals surface area contributed by atoms with Crippen molar-refractivity contribution < 1.29 is 9.90 Å². The summed E-state index contributed by atoms with van der Waals surface area (Å²) >= 11 is 5.45. The second-order valence-corrected chi connectivity index (χ2v) is 3.31. The highest BCUT2D eigenvalue weighted by Crippen LogP contribution is 2.17. The highest BCUT2D eigenvalue weighted by Gasteiger charge is 2.35. The van der Waals surface area contributed by atoms with E-state index in [1.165, 1.54) is 4.90 Å². The van der Waals surface area contributed by atoms with Crippen LogP contribution in [0.25, 0.3) is 0 Å². The first kappa shape index (κ1) is 13.5. The number of likely N-dealkylation sites (tertiary alicyclic amines) is 1. The summed E-state index contributed by atoms with van der Waals surface area (Å²) in [6.07, 6.45) is -0.310. The van der Waals surface area contributed by atoms with E-state index in [0.29, 0.717) is 0 Å². The molecule has 1 aliphatic heterocycles. The average Bonchev–Trinajstić information content (AvgIpc) is 2.46. The number of hydrogen-bond donors (Lipinski definition) is 3. The summed E-state index contributed by atoms with van der Waals surface area (Å²) in [7, 11) is 0. The number of nitrogens with two attached hydrogens (primary N) is 1. The van der Waals surface area contributed by atoms with Crippen molar-refractivity contribution in [2.45, 2.75) is 18.6 Å². The Hall–Kier alpha value is -0.520. The molecule has 0 aromatic rings. The number of primary amides is 1. The van der Waals surface area contributed by atoms with E-state index in [1.54, 1.807) is 0 Å². The molecule has 1 fully saturated rings. The van der Waals surface area contributed by atoms with E-state index in [0.717, 1.165) is 0 Å². The Labute approximate surface area is 93.1 Å². The number of β-amino-alcohol motifs (C(OH)–C–C–N with tert-alkyl or cyclic N) is 1. The van der Waals surface area contributed by atoms with Crippen LogP contribution in [0.2, 0.25) is 0 Å². The summed E-state index contributed by atoms with van der Waals surface area (Å²) in [6, 6.07) is -0.582. The van der Waals surface area contributed by atoms with E-state index in [-0.39, 0.29) is 37.1 Å². The minimum absolute atomic E-state index is 0. The van der Waals surface area contributed by atoms with Crippen molar-refractivity contribution in [3.05, 3.63) is 0 Å². The van der Waals surface area contributed by atoms with Crippen molar-refractivity contribution in [1.82, 2.24) is 4.90 Å². The Morgan fingerprint density at radius 1 is 1.71 bits per heavy atom. The number of hydrogen-bond acceptors (Lipinski definition) is 3. The Bertz CT molecular complexity index is 237. The Morgan fingerprint density at radius 3 is 2.71 bits per heavy atom. The number of nitrogens with zero attached hydrogens (tertiary/aromatic N) is 1. The fourth-order valence-corrected chi connectivity index (χ4v) is 1.61. The van der Waals surface area contributed by atoms with E-state index >= 15 is 0 Å².